The van der Waals surface area contributed by atoms with E-state index in [0.717, 1.165) is 28.0 Å². The number of aromatic hydroxyl groups is 1. The zero-order valence-electron chi connectivity index (χ0n) is 20.8. The van der Waals surface area contributed by atoms with E-state index >= 15 is 0 Å². The van der Waals surface area contributed by atoms with Gasteiger partial charge in [-0.1, -0.05) is 46.3 Å². The summed E-state index contributed by atoms with van der Waals surface area (Å²) in [5.41, 5.74) is 1.34. The van der Waals surface area contributed by atoms with E-state index in [1.165, 1.54) is 12.1 Å². The lowest BCUT2D eigenvalue weighted by atomic mass is 9.82. The molecule has 13 heteroatoms. The number of H-pyrrole nitrogens is 1. The number of carbonyl (C=O) groups is 3. The zero-order valence-corrected chi connectivity index (χ0v) is 23.9. The van der Waals surface area contributed by atoms with Gasteiger partial charge in [0.15, 0.2) is 6.61 Å². The summed E-state index contributed by atoms with van der Waals surface area (Å²) in [7, 11) is 0. The number of fused-ring (bicyclic) bond motifs is 2. The highest BCUT2D eigenvalue weighted by atomic mass is 35.5. The van der Waals surface area contributed by atoms with Crippen molar-refractivity contribution in [3.05, 3.63) is 96.9 Å². The molecule has 3 atom stereocenters. The molecule has 0 aliphatic carbocycles. The predicted molar refractivity (Wildman–Crippen MR) is 158 cm³/mol. The summed E-state index contributed by atoms with van der Waals surface area (Å²) >= 11 is 14.5. The Bertz CT molecular complexity index is 1740. The summed E-state index contributed by atoms with van der Waals surface area (Å²) in [5.74, 6) is -2.56. The number of nitrogens with one attached hydrogen (secondary N) is 2. The highest BCUT2D eigenvalue weighted by molar-refractivity contribution is 8.00. The van der Waals surface area contributed by atoms with Gasteiger partial charge in [0.1, 0.15) is 16.7 Å². The third-order valence-corrected chi connectivity index (χ3v) is 9.61. The summed E-state index contributed by atoms with van der Waals surface area (Å²) in [6.45, 7) is -0.370. The van der Waals surface area contributed by atoms with Crippen LogP contribution in [0.5, 0.6) is 11.5 Å². The molecule has 3 amide bonds. The van der Waals surface area contributed by atoms with Crippen molar-refractivity contribution in [3.63, 3.8) is 0 Å². The number of hydrogen-bond acceptors (Lipinski definition) is 8. The van der Waals surface area contributed by atoms with Gasteiger partial charge in [0.25, 0.3) is 5.91 Å². The monoisotopic (exact) mass is 627 g/mol. The number of halogens is 2. The number of anilines is 2. The molecule has 4 aromatic rings. The molecule has 1 saturated heterocycles. The number of aromatic amines is 1. The maximum Gasteiger partial charge on any atom is 0.305 e. The van der Waals surface area contributed by atoms with Crippen LogP contribution in [-0.4, -0.2) is 39.7 Å². The molecule has 3 unspecified atom stereocenters. The average molecular weight is 629 g/mol. The van der Waals surface area contributed by atoms with Crippen LogP contribution in [0.2, 0.25) is 10.0 Å². The number of phenols is 1. The van der Waals surface area contributed by atoms with Gasteiger partial charge in [-0.15, -0.1) is 0 Å². The first-order chi connectivity index (χ1) is 19.7. The summed E-state index contributed by atoms with van der Waals surface area (Å²) in [4.78, 5) is 56.8. The number of imide groups is 1. The van der Waals surface area contributed by atoms with Gasteiger partial charge in [0.05, 0.1) is 16.6 Å². The quantitative estimate of drug-likeness (QED) is 0.196. The van der Waals surface area contributed by atoms with Crippen LogP contribution >= 0.6 is 46.3 Å². The third kappa shape index (κ3) is 5.21. The van der Waals surface area contributed by atoms with Crippen molar-refractivity contribution in [3.8, 4) is 11.5 Å². The topological polar surface area (TPSA) is 129 Å². The SMILES string of the molecule is O=C(COc1ccc(Cl)cc1C1c2sc(=O)[nH]c2SC2C(=O)N(c3ccc(Cl)cc3)C(=O)C21)Nc1ccc(O)cc1. The number of hydrogen-bond donors (Lipinski definition) is 3. The molecule has 208 valence electrons. The second-order valence-electron chi connectivity index (χ2n) is 9.30. The van der Waals surface area contributed by atoms with Gasteiger partial charge in [-0.05, 0) is 66.7 Å². The Morgan fingerprint density at radius 2 is 1.68 bits per heavy atom. The fraction of sp³-hybridized carbons (Fsp3) is 0.143. The number of nitrogens with zero attached hydrogens (tertiary/aromatic N) is 1. The number of carbonyl (C=O) groups excluding carboxylic acids is 3. The van der Waals surface area contributed by atoms with Gasteiger partial charge in [-0.3, -0.25) is 19.2 Å². The summed E-state index contributed by atoms with van der Waals surface area (Å²) in [6.07, 6.45) is 0. The van der Waals surface area contributed by atoms with E-state index < -0.39 is 34.8 Å². The molecule has 6 rings (SSSR count). The Hall–Kier alpha value is -3.77. The van der Waals surface area contributed by atoms with E-state index in [4.69, 9.17) is 27.9 Å². The maximum atomic E-state index is 13.9. The van der Waals surface area contributed by atoms with Crippen molar-refractivity contribution in [2.24, 2.45) is 5.92 Å². The number of ether oxygens (including phenoxy) is 1. The molecule has 0 bridgehead atoms. The van der Waals surface area contributed by atoms with Crippen molar-refractivity contribution in [2.75, 3.05) is 16.8 Å². The second kappa shape index (κ2) is 10.9. The van der Waals surface area contributed by atoms with Crippen LogP contribution in [0.1, 0.15) is 16.4 Å². The molecular formula is C28H19Cl2N3O6S2. The average Bonchev–Trinajstić information content (AvgIpc) is 3.44. The lowest BCUT2D eigenvalue weighted by Crippen LogP contribution is -2.32. The number of rotatable bonds is 6. The molecule has 3 aromatic carbocycles. The lowest BCUT2D eigenvalue weighted by molar-refractivity contribution is -0.122. The first-order valence-electron chi connectivity index (χ1n) is 12.2. The molecular weight excluding hydrogens is 609 g/mol. The van der Waals surface area contributed by atoms with E-state index in [9.17, 15) is 24.3 Å². The van der Waals surface area contributed by atoms with E-state index in [-0.39, 0.29) is 23.0 Å². The minimum atomic E-state index is -0.867. The van der Waals surface area contributed by atoms with Gasteiger partial charge in [-0.2, -0.15) is 0 Å². The number of thiazole rings is 1. The molecule has 2 aliphatic rings. The first-order valence-corrected chi connectivity index (χ1v) is 14.7. The summed E-state index contributed by atoms with van der Waals surface area (Å²) in [5, 5.41) is 12.6. The van der Waals surface area contributed by atoms with Gasteiger partial charge in [-0.25, -0.2) is 4.90 Å². The zero-order chi connectivity index (χ0) is 28.8. The molecule has 2 aliphatic heterocycles. The number of aromatic nitrogens is 1. The lowest BCUT2D eigenvalue weighted by Gasteiger charge is -2.31. The van der Waals surface area contributed by atoms with E-state index in [2.05, 4.69) is 10.3 Å². The Morgan fingerprint density at radius 3 is 2.41 bits per heavy atom. The van der Waals surface area contributed by atoms with E-state index in [1.807, 2.05) is 0 Å². The summed E-state index contributed by atoms with van der Waals surface area (Å²) in [6, 6.07) is 17.2. The van der Waals surface area contributed by atoms with Gasteiger partial charge in [0, 0.05) is 32.1 Å². The van der Waals surface area contributed by atoms with Crippen LogP contribution in [0.4, 0.5) is 11.4 Å². The van der Waals surface area contributed by atoms with Crippen LogP contribution < -0.4 is 19.8 Å². The molecule has 0 spiro atoms. The third-order valence-electron chi connectivity index (χ3n) is 6.73. The Labute approximate surface area is 251 Å². The largest absolute Gasteiger partial charge is 0.508 e. The number of thioether (sulfide) groups is 1. The molecule has 3 heterocycles. The van der Waals surface area contributed by atoms with Crippen LogP contribution in [0.25, 0.3) is 0 Å². The highest BCUT2D eigenvalue weighted by Gasteiger charge is 2.56. The van der Waals surface area contributed by atoms with Crippen molar-refractivity contribution in [2.45, 2.75) is 16.2 Å². The van der Waals surface area contributed by atoms with Crippen molar-refractivity contribution < 1.29 is 24.2 Å². The smallest absolute Gasteiger partial charge is 0.305 e. The molecule has 0 saturated carbocycles. The minimum Gasteiger partial charge on any atom is -0.508 e. The molecule has 9 nitrogen and oxygen atoms in total. The van der Waals surface area contributed by atoms with Crippen LogP contribution in [-0.2, 0) is 14.4 Å². The van der Waals surface area contributed by atoms with Crippen LogP contribution in [0, 0.1) is 5.92 Å². The fourth-order valence-corrected chi connectivity index (χ4v) is 7.79. The van der Waals surface area contributed by atoms with E-state index in [1.54, 1.807) is 54.6 Å². The number of phenolic OH excluding ortho intramolecular Hbond substituents is 1. The maximum absolute atomic E-state index is 13.9. The Kier molecular flexibility index (Phi) is 7.28. The highest BCUT2D eigenvalue weighted by Crippen LogP contribution is 2.54. The van der Waals surface area contributed by atoms with Gasteiger partial charge in [0.2, 0.25) is 11.8 Å². The normalized spacial score (nSPS) is 19.6. The Balaban J connectivity index is 1.36. The Morgan fingerprint density at radius 1 is 0.976 bits per heavy atom. The molecule has 0 radical (unpaired) electrons. The molecule has 1 fully saturated rings. The van der Waals surface area contributed by atoms with Crippen LogP contribution in [0.15, 0.2) is 76.6 Å². The van der Waals surface area contributed by atoms with Gasteiger partial charge < -0.3 is 20.1 Å². The molecule has 1 aromatic heterocycles. The fourth-order valence-electron chi connectivity index (χ4n) is 4.98. The number of benzene rings is 3. The van der Waals surface area contributed by atoms with Crippen molar-refractivity contribution in [1.29, 1.82) is 0 Å². The standard InChI is InChI=1S/C28H19Cl2N3O6S2/c29-13-1-6-16(7-2-13)33-26(36)22-21(23-25(32-28(38)41-23)40-24(22)27(33)37)18-11-14(30)3-10-19(18)39-12-20(35)31-15-4-8-17(34)9-5-15/h1-11,21-22,24,34H,12H2,(H,31,35)(H,32,38). The molecule has 3 N–H and O–H groups in total. The second-order valence-corrected chi connectivity index (χ2v) is 12.3. The predicted octanol–water partition coefficient (Wildman–Crippen LogP) is 5.26. The van der Waals surface area contributed by atoms with Crippen LogP contribution in [0.3, 0.4) is 0 Å². The van der Waals surface area contributed by atoms with Gasteiger partial charge >= 0.3 is 4.87 Å². The van der Waals surface area contributed by atoms with E-state index in [0.29, 0.717) is 36.9 Å². The molecule has 41 heavy (non-hydrogen) atoms. The number of amides is 3. The van der Waals surface area contributed by atoms with Crippen molar-refractivity contribution in [1.82, 2.24) is 4.98 Å². The minimum absolute atomic E-state index is 0.0648. The summed E-state index contributed by atoms with van der Waals surface area (Å²) < 4.78 is 5.93. The first kappa shape index (κ1) is 27.4. The van der Waals surface area contributed by atoms with Crippen molar-refractivity contribution >= 4 is 75.4 Å².